The standard InChI is InChI=1S/C17H21N5O3/c1-12(18)14-4-2-3-8-21(14)17(23)13-5-6-15(16(10-13)22(24)25)20-9-7-19-11-20/h5-7,9-12,14H,2-4,8,18H2,1H3. The van der Waals surface area contributed by atoms with E-state index in [1.807, 2.05) is 6.92 Å². The summed E-state index contributed by atoms with van der Waals surface area (Å²) in [6.45, 7) is 2.52. The van der Waals surface area contributed by atoms with Gasteiger partial charge in [-0.1, -0.05) is 0 Å². The van der Waals surface area contributed by atoms with E-state index in [0.29, 0.717) is 17.8 Å². The van der Waals surface area contributed by atoms with Crippen LogP contribution in [0.15, 0.2) is 36.9 Å². The summed E-state index contributed by atoms with van der Waals surface area (Å²) in [5.41, 5.74) is 6.59. The predicted octanol–water partition coefficient (Wildman–Crippen LogP) is 2.12. The van der Waals surface area contributed by atoms with Gasteiger partial charge < -0.3 is 15.2 Å². The number of nitro groups is 1. The number of rotatable bonds is 4. The Morgan fingerprint density at radius 1 is 1.44 bits per heavy atom. The lowest BCUT2D eigenvalue weighted by Gasteiger charge is -2.38. The van der Waals surface area contributed by atoms with Gasteiger partial charge in [0.25, 0.3) is 11.6 Å². The maximum Gasteiger partial charge on any atom is 0.294 e. The zero-order valence-corrected chi connectivity index (χ0v) is 14.0. The molecule has 8 nitrogen and oxygen atoms in total. The minimum Gasteiger partial charge on any atom is -0.334 e. The molecule has 2 N–H and O–H groups in total. The van der Waals surface area contributed by atoms with Gasteiger partial charge in [-0.3, -0.25) is 14.9 Å². The van der Waals surface area contributed by atoms with E-state index in [4.69, 9.17) is 5.73 Å². The van der Waals surface area contributed by atoms with Crippen LogP contribution in [-0.2, 0) is 0 Å². The highest BCUT2D eigenvalue weighted by Crippen LogP contribution is 2.27. The molecular weight excluding hydrogens is 322 g/mol. The number of nitrogens with two attached hydrogens (primary N) is 1. The Hall–Kier alpha value is -2.74. The van der Waals surface area contributed by atoms with Crippen molar-refractivity contribution >= 4 is 11.6 Å². The van der Waals surface area contributed by atoms with Crippen LogP contribution in [-0.4, -0.2) is 43.9 Å². The molecular formula is C17H21N5O3. The Morgan fingerprint density at radius 2 is 2.24 bits per heavy atom. The van der Waals surface area contributed by atoms with Gasteiger partial charge in [0.05, 0.1) is 11.3 Å². The Kier molecular flexibility index (Phi) is 4.80. The van der Waals surface area contributed by atoms with Gasteiger partial charge in [-0.2, -0.15) is 0 Å². The second kappa shape index (κ2) is 7.02. The molecule has 0 spiro atoms. The van der Waals surface area contributed by atoms with Crippen LogP contribution in [0, 0.1) is 10.1 Å². The molecule has 0 aliphatic carbocycles. The third-order valence-corrected chi connectivity index (χ3v) is 4.62. The molecule has 25 heavy (non-hydrogen) atoms. The summed E-state index contributed by atoms with van der Waals surface area (Å²) in [6.07, 6.45) is 7.48. The number of likely N-dealkylation sites (tertiary alicyclic amines) is 1. The molecule has 1 aromatic heterocycles. The fourth-order valence-corrected chi connectivity index (χ4v) is 3.34. The van der Waals surface area contributed by atoms with Crippen molar-refractivity contribution in [2.75, 3.05) is 6.54 Å². The smallest absolute Gasteiger partial charge is 0.294 e. The lowest BCUT2D eigenvalue weighted by atomic mass is 9.96. The number of nitrogens with zero attached hydrogens (tertiary/aromatic N) is 4. The van der Waals surface area contributed by atoms with Crippen LogP contribution in [0.5, 0.6) is 0 Å². The van der Waals surface area contributed by atoms with Gasteiger partial charge in [-0.05, 0) is 38.3 Å². The molecule has 1 fully saturated rings. The number of piperidine rings is 1. The number of hydrogen-bond donors (Lipinski definition) is 1. The molecule has 1 aliphatic rings. The van der Waals surface area contributed by atoms with Crippen molar-refractivity contribution in [3.63, 3.8) is 0 Å². The van der Waals surface area contributed by atoms with Crippen molar-refractivity contribution in [3.8, 4) is 5.69 Å². The topological polar surface area (TPSA) is 107 Å². The molecule has 0 bridgehead atoms. The van der Waals surface area contributed by atoms with E-state index >= 15 is 0 Å². The lowest BCUT2D eigenvalue weighted by molar-refractivity contribution is -0.384. The highest BCUT2D eigenvalue weighted by molar-refractivity contribution is 5.95. The molecule has 8 heteroatoms. The Balaban J connectivity index is 1.95. The number of carbonyl (C=O) groups is 1. The molecule has 3 rings (SSSR count). The quantitative estimate of drug-likeness (QED) is 0.676. The molecule has 2 unspecified atom stereocenters. The minimum atomic E-state index is -0.481. The number of imidazole rings is 1. The average Bonchev–Trinajstić information content (AvgIpc) is 3.15. The second-order valence-electron chi connectivity index (χ2n) is 6.35. The third kappa shape index (κ3) is 3.39. The van der Waals surface area contributed by atoms with Crippen molar-refractivity contribution in [1.29, 1.82) is 0 Å². The number of carbonyl (C=O) groups excluding carboxylic acids is 1. The van der Waals surface area contributed by atoms with Crippen molar-refractivity contribution in [2.24, 2.45) is 5.73 Å². The summed E-state index contributed by atoms with van der Waals surface area (Å²) >= 11 is 0. The number of hydrogen-bond acceptors (Lipinski definition) is 5. The van der Waals surface area contributed by atoms with Crippen LogP contribution in [0.3, 0.4) is 0 Å². The molecule has 2 atom stereocenters. The number of amides is 1. The zero-order chi connectivity index (χ0) is 18.0. The summed E-state index contributed by atoms with van der Waals surface area (Å²) in [4.78, 5) is 29.6. The van der Waals surface area contributed by atoms with Crippen molar-refractivity contribution in [1.82, 2.24) is 14.5 Å². The SMILES string of the molecule is CC(N)C1CCCCN1C(=O)c1ccc(-n2ccnc2)c([N+](=O)[O-])c1. The van der Waals surface area contributed by atoms with Gasteiger partial charge in [-0.15, -0.1) is 0 Å². The number of nitro benzene ring substituents is 1. The highest BCUT2D eigenvalue weighted by Gasteiger charge is 2.31. The van der Waals surface area contributed by atoms with E-state index in [2.05, 4.69) is 4.98 Å². The minimum absolute atomic E-state index is 0.0337. The van der Waals surface area contributed by atoms with Gasteiger partial charge in [0, 0.05) is 42.7 Å². The Labute approximate surface area is 145 Å². The maximum absolute atomic E-state index is 12.9. The lowest BCUT2D eigenvalue weighted by Crippen LogP contribution is -2.51. The van der Waals surface area contributed by atoms with Crippen LogP contribution in [0.25, 0.3) is 5.69 Å². The molecule has 1 aromatic carbocycles. The van der Waals surface area contributed by atoms with Crippen LogP contribution in [0.1, 0.15) is 36.5 Å². The van der Waals surface area contributed by atoms with E-state index < -0.39 is 4.92 Å². The van der Waals surface area contributed by atoms with E-state index in [0.717, 1.165) is 19.3 Å². The van der Waals surface area contributed by atoms with Crippen molar-refractivity contribution < 1.29 is 9.72 Å². The van der Waals surface area contributed by atoms with E-state index in [1.165, 1.54) is 12.4 Å². The van der Waals surface area contributed by atoms with Gasteiger partial charge in [-0.25, -0.2) is 4.98 Å². The Morgan fingerprint density at radius 3 is 2.88 bits per heavy atom. The monoisotopic (exact) mass is 343 g/mol. The molecule has 132 valence electrons. The first kappa shape index (κ1) is 17.1. The van der Waals surface area contributed by atoms with Crippen LogP contribution in [0.4, 0.5) is 5.69 Å². The third-order valence-electron chi connectivity index (χ3n) is 4.62. The van der Waals surface area contributed by atoms with E-state index in [9.17, 15) is 14.9 Å². The summed E-state index contributed by atoms with van der Waals surface area (Å²) < 4.78 is 1.55. The Bertz CT molecular complexity index is 773. The fourth-order valence-electron chi connectivity index (χ4n) is 3.34. The van der Waals surface area contributed by atoms with Crippen LogP contribution < -0.4 is 5.73 Å². The van der Waals surface area contributed by atoms with Gasteiger partial charge in [0.15, 0.2) is 0 Å². The second-order valence-corrected chi connectivity index (χ2v) is 6.35. The fraction of sp³-hybridized carbons (Fsp3) is 0.412. The molecule has 1 amide bonds. The highest BCUT2D eigenvalue weighted by atomic mass is 16.6. The maximum atomic E-state index is 12.9. The molecule has 2 aromatic rings. The normalized spacial score (nSPS) is 18.8. The molecule has 2 heterocycles. The zero-order valence-electron chi connectivity index (χ0n) is 14.0. The molecule has 0 radical (unpaired) electrons. The van der Waals surface area contributed by atoms with Crippen LogP contribution >= 0.6 is 0 Å². The van der Waals surface area contributed by atoms with E-state index in [-0.39, 0.29) is 23.7 Å². The van der Waals surface area contributed by atoms with Crippen molar-refractivity contribution in [3.05, 3.63) is 52.6 Å². The van der Waals surface area contributed by atoms with Gasteiger partial charge in [0.1, 0.15) is 5.69 Å². The van der Waals surface area contributed by atoms with Crippen LogP contribution in [0.2, 0.25) is 0 Å². The van der Waals surface area contributed by atoms with Gasteiger partial charge in [0.2, 0.25) is 0 Å². The predicted molar refractivity (Wildman–Crippen MR) is 92.5 cm³/mol. The van der Waals surface area contributed by atoms with Crippen molar-refractivity contribution in [2.45, 2.75) is 38.3 Å². The van der Waals surface area contributed by atoms with Gasteiger partial charge >= 0.3 is 0 Å². The van der Waals surface area contributed by atoms with E-state index in [1.54, 1.807) is 34.0 Å². The summed E-state index contributed by atoms with van der Waals surface area (Å²) in [5.74, 6) is -0.206. The first-order chi connectivity index (χ1) is 12.0. The largest absolute Gasteiger partial charge is 0.334 e. The first-order valence-corrected chi connectivity index (χ1v) is 8.32. The first-order valence-electron chi connectivity index (χ1n) is 8.32. The average molecular weight is 343 g/mol. The molecule has 1 aliphatic heterocycles. The molecule has 1 saturated heterocycles. The molecule has 0 saturated carbocycles. The summed E-state index contributed by atoms with van der Waals surface area (Å²) in [6, 6.07) is 4.37. The number of benzene rings is 1. The summed E-state index contributed by atoms with van der Waals surface area (Å²) in [7, 11) is 0. The summed E-state index contributed by atoms with van der Waals surface area (Å²) in [5, 5.41) is 11.5. The number of aromatic nitrogens is 2.